The number of rotatable bonds is 3. The fraction of sp³-hybridized carbons (Fsp3) is 1.00. The Morgan fingerprint density at radius 1 is 1.62 bits per heavy atom. The van der Waals surface area contributed by atoms with Crippen LogP contribution in [0.15, 0.2) is 0 Å². The largest absolute Gasteiger partial charge is 0.379 e. The van der Waals surface area contributed by atoms with E-state index in [4.69, 9.17) is 9.47 Å². The highest BCUT2D eigenvalue weighted by Gasteiger charge is 2.36. The Balaban J connectivity index is 2.67. The van der Waals surface area contributed by atoms with E-state index in [1.165, 1.54) is 0 Å². The predicted octanol–water partition coefficient (Wildman–Crippen LogP) is 0.480. The standard InChI is InChI=1S/C7H13FO4S/c1-2-12-6-5-11-4-3-7(6)13(8,9)10/h6-7H,2-5H2,1H3. The molecule has 0 radical (unpaired) electrons. The van der Waals surface area contributed by atoms with E-state index >= 15 is 0 Å². The molecule has 6 heteroatoms. The van der Waals surface area contributed by atoms with Crippen molar-refractivity contribution in [3.05, 3.63) is 0 Å². The summed E-state index contributed by atoms with van der Waals surface area (Å²) in [4.78, 5) is 0. The van der Waals surface area contributed by atoms with Crippen LogP contribution in [0.4, 0.5) is 3.89 Å². The lowest BCUT2D eigenvalue weighted by molar-refractivity contribution is -0.0437. The van der Waals surface area contributed by atoms with Gasteiger partial charge in [-0.25, -0.2) is 0 Å². The third-order valence-electron chi connectivity index (χ3n) is 1.99. The molecule has 0 aliphatic carbocycles. The van der Waals surface area contributed by atoms with Crippen LogP contribution >= 0.6 is 0 Å². The van der Waals surface area contributed by atoms with Gasteiger partial charge in [0, 0.05) is 13.2 Å². The zero-order valence-electron chi connectivity index (χ0n) is 7.40. The Kier molecular flexibility index (Phi) is 3.63. The molecule has 13 heavy (non-hydrogen) atoms. The molecule has 0 bridgehead atoms. The molecule has 1 aliphatic heterocycles. The van der Waals surface area contributed by atoms with Gasteiger partial charge in [-0.1, -0.05) is 0 Å². The first-order valence-corrected chi connectivity index (χ1v) is 5.63. The van der Waals surface area contributed by atoms with Crippen molar-refractivity contribution in [3.63, 3.8) is 0 Å². The molecule has 2 unspecified atom stereocenters. The van der Waals surface area contributed by atoms with Crippen LogP contribution in [0.5, 0.6) is 0 Å². The molecule has 1 saturated heterocycles. The van der Waals surface area contributed by atoms with Crippen LogP contribution < -0.4 is 0 Å². The van der Waals surface area contributed by atoms with E-state index in [1.807, 2.05) is 0 Å². The van der Waals surface area contributed by atoms with Crippen molar-refractivity contribution in [3.8, 4) is 0 Å². The van der Waals surface area contributed by atoms with Crippen molar-refractivity contribution in [2.24, 2.45) is 0 Å². The summed E-state index contributed by atoms with van der Waals surface area (Å²) in [5, 5.41) is -1.05. The number of ether oxygens (including phenoxy) is 2. The monoisotopic (exact) mass is 212 g/mol. The van der Waals surface area contributed by atoms with Crippen molar-refractivity contribution in [1.82, 2.24) is 0 Å². The SMILES string of the molecule is CCOC1COCCC1S(=O)(=O)F. The van der Waals surface area contributed by atoms with Crippen LogP contribution in [0.1, 0.15) is 13.3 Å². The van der Waals surface area contributed by atoms with E-state index in [9.17, 15) is 12.3 Å². The summed E-state index contributed by atoms with van der Waals surface area (Å²) < 4.78 is 44.1. The first-order valence-electron chi connectivity index (χ1n) is 4.18. The lowest BCUT2D eigenvalue weighted by atomic mass is 10.1. The van der Waals surface area contributed by atoms with Crippen molar-refractivity contribution in [1.29, 1.82) is 0 Å². The van der Waals surface area contributed by atoms with Crippen molar-refractivity contribution < 1.29 is 21.8 Å². The van der Waals surface area contributed by atoms with Crippen LogP contribution in [-0.4, -0.2) is 39.6 Å². The van der Waals surface area contributed by atoms with Crippen LogP contribution in [0.25, 0.3) is 0 Å². The van der Waals surface area contributed by atoms with Gasteiger partial charge < -0.3 is 9.47 Å². The van der Waals surface area contributed by atoms with Crippen molar-refractivity contribution in [2.45, 2.75) is 24.7 Å². The minimum atomic E-state index is -4.50. The molecular weight excluding hydrogens is 199 g/mol. The average molecular weight is 212 g/mol. The molecule has 0 saturated carbocycles. The Morgan fingerprint density at radius 2 is 2.31 bits per heavy atom. The topological polar surface area (TPSA) is 52.6 Å². The van der Waals surface area contributed by atoms with Gasteiger partial charge in [-0.05, 0) is 13.3 Å². The lowest BCUT2D eigenvalue weighted by Crippen LogP contribution is -2.42. The zero-order chi connectivity index (χ0) is 9.90. The van der Waals surface area contributed by atoms with Crippen LogP contribution in [0.2, 0.25) is 0 Å². The minimum absolute atomic E-state index is 0.154. The highest BCUT2D eigenvalue weighted by molar-refractivity contribution is 7.87. The van der Waals surface area contributed by atoms with Gasteiger partial charge in [0.1, 0.15) is 11.4 Å². The van der Waals surface area contributed by atoms with Crippen molar-refractivity contribution in [2.75, 3.05) is 19.8 Å². The first-order chi connectivity index (χ1) is 6.05. The van der Waals surface area contributed by atoms with Gasteiger partial charge in [0.2, 0.25) is 0 Å². The molecule has 4 nitrogen and oxygen atoms in total. The lowest BCUT2D eigenvalue weighted by Gasteiger charge is -2.28. The van der Waals surface area contributed by atoms with E-state index in [-0.39, 0.29) is 19.6 Å². The van der Waals surface area contributed by atoms with E-state index in [0.29, 0.717) is 6.61 Å². The maximum Gasteiger partial charge on any atom is 0.308 e. The van der Waals surface area contributed by atoms with Gasteiger partial charge in [-0.3, -0.25) is 0 Å². The molecule has 0 aromatic carbocycles. The smallest absolute Gasteiger partial charge is 0.308 e. The summed E-state index contributed by atoms with van der Waals surface area (Å²) in [5.74, 6) is 0. The summed E-state index contributed by atoms with van der Waals surface area (Å²) in [7, 11) is -4.50. The molecule has 0 spiro atoms. The average Bonchev–Trinajstić information content (AvgIpc) is 2.04. The molecule has 0 aromatic rings. The van der Waals surface area contributed by atoms with Crippen LogP contribution in [-0.2, 0) is 19.7 Å². The summed E-state index contributed by atoms with van der Waals surface area (Å²) in [6.07, 6.45) is -0.488. The maximum atomic E-state index is 12.7. The molecule has 1 heterocycles. The van der Waals surface area contributed by atoms with Gasteiger partial charge in [0.05, 0.1) is 6.61 Å². The van der Waals surface area contributed by atoms with Gasteiger partial charge in [-0.2, -0.15) is 8.42 Å². The third kappa shape index (κ3) is 2.89. The predicted molar refractivity (Wildman–Crippen MR) is 44.7 cm³/mol. The summed E-state index contributed by atoms with van der Waals surface area (Å²) >= 11 is 0. The summed E-state index contributed by atoms with van der Waals surface area (Å²) in [5.41, 5.74) is 0. The second kappa shape index (κ2) is 4.34. The van der Waals surface area contributed by atoms with Gasteiger partial charge >= 0.3 is 10.2 Å². The Bertz CT molecular complexity index is 249. The Hall–Kier alpha value is -0.200. The molecule has 0 aromatic heterocycles. The molecule has 1 fully saturated rings. The number of halogens is 1. The highest BCUT2D eigenvalue weighted by atomic mass is 32.3. The minimum Gasteiger partial charge on any atom is -0.379 e. The van der Waals surface area contributed by atoms with Gasteiger partial charge in [0.25, 0.3) is 0 Å². The van der Waals surface area contributed by atoms with Crippen LogP contribution in [0.3, 0.4) is 0 Å². The molecule has 0 N–H and O–H groups in total. The molecule has 2 atom stereocenters. The fourth-order valence-electron chi connectivity index (χ4n) is 1.38. The molecule has 78 valence electrons. The number of hydrogen-bond donors (Lipinski definition) is 0. The Morgan fingerprint density at radius 3 is 2.85 bits per heavy atom. The molecule has 1 aliphatic rings. The second-order valence-electron chi connectivity index (χ2n) is 2.87. The second-order valence-corrected chi connectivity index (χ2v) is 4.43. The molecular formula is C7H13FO4S. The third-order valence-corrected chi connectivity index (χ3v) is 3.25. The van der Waals surface area contributed by atoms with Crippen molar-refractivity contribution >= 4 is 10.2 Å². The first kappa shape index (κ1) is 10.9. The zero-order valence-corrected chi connectivity index (χ0v) is 8.22. The molecule has 0 amide bonds. The summed E-state index contributed by atoms with van der Waals surface area (Å²) in [6.45, 7) is 2.52. The van der Waals surface area contributed by atoms with Crippen LogP contribution in [0, 0.1) is 0 Å². The maximum absolute atomic E-state index is 12.7. The Labute approximate surface area is 77.2 Å². The summed E-state index contributed by atoms with van der Waals surface area (Å²) in [6, 6.07) is 0. The van der Waals surface area contributed by atoms with E-state index in [0.717, 1.165) is 0 Å². The quantitative estimate of drug-likeness (QED) is 0.638. The van der Waals surface area contributed by atoms with Gasteiger partial charge in [-0.15, -0.1) is 3.89 Å². The van der Waals surface area contributed by atoms with E-state index < -0.39 is 21.6 Å². The van der Waals surface area contributed by atoms with E-state index in [2.05, 4.69) is 0 Å². The highest BCUT2D eigenvalue weighted by Crippen LogP contribution is 2.20. The van der Waals surface area contributed by atoms with E-state index in [1.54, 1.807) is 6.92 Å². The molecule has 1 rings (SSSR count). The fourth-order valence-corrected chi connectivity index (χ4v) is 2.28. The van der Waals surface area contributed by atoms with Gasteiger partial charge in [0.15, 0.2) is 0 Å². The normalized spacial score (nSPS) is 30.3. The number of hydrogen-bond acceptors (Lipinski definition) is 4.